The van der Waals surface area contributed by atoms with Crippen LogP contribution in [0.1, 0.15) is 6.92 Å². The van der Waals surface area contributed by atoms with Crippen molar-refractivity contribution in [1.29, 1.82) is 0 Å². The summed E-state index contributed by atoms with van der Waals surface area (Å²) in [5, 5.41) is 0. The third-order valence-corrected chi connectivity index (χ3v) is 1.59. The summed E-state index contributed by atoms with van der Waals surface area (Å²) in [6.07, 6.45) is 5.50. The van der Waals surface area contributed by atoms with E-state index in [2.05, 4.69) is 11.7 Å². The highest BCUT2D eigenvalue weighted by atomic mass is 32.2. The van der Waals surface area contributed by atoms with Gasteiger partial charge in [0.05, 0.1) is 13.8 Å². The minimum Gasteiger partial charge on any atom is -0.247 e. The average Bonchev–Trinajstić information content (AvgIpc) is 1.87. The maximum Gasteiger partial charge on any atom is 0.285 e. The molecule has 0 heterocycles. The van der Waals surface area contributed by atoms with Gasteiger partial charge in [-0.05, 0) is 13.2 Å². The van der Waals surface area contributed by atoms with Gasteiger partial charge < -0.3 is 0 Å². The van der Waals surface area contributed by atoms with Gasteiger partial charge in [-0.3, -0.25) is 0 Å². The standard InChI is InChI=1S/C7H13N2S/c1-7(10-4)5-8-6-9(2)3/h5-6H,2H2,1,3-4H3/q+1. The number of allylic oxidation sites excluding steroid dienone is 1. The average molecular weight is 157 g/mol. The van der Waals surface area contributed by atoms with Crippen molar-refractivity contribution in [3.05, 3.63) is 11.1 Å². The Hall–Kier alpha value is -0.570. The van der Waals surface area contributed by atoms with Crippen molar-refractivity contribution in [1.82, 2.24) is 0 Å². The Balaban J connectivity index is 3.82. The molecule has 0 saturated carbocycles. The zero-order chi connectivity index (χ0) is 7.98. The highest BCUT2D eigenvalue weighted by Gasteiger charge is 1.84. The molecule has 0 atom stereocenters. The Labute approximate surface area is 66.4 Å². The third kappa shape index (κ3) is 5.56. The summed E-state index contributed by atoms with van der Waals surface area (Å²) >= 11 is 1.68. The topological polar surface area (TPSA) is 15.4 Å². The molecule has 0 rings (SSSR count). The highest BCUT2D eigenvalue weighted by molar-refractivity contribution is 8.02. The van der Waals surface area contributed by atoms with Gasteiger partial charge in [-0.15, -0.1) is 11.8 Å². The Kier molecular flexibility index (Phi) is 4.94. The van der Waals surface area contributed by atoms with Crippen molar-refractivity contribution in [2.24, 2.45) is 4.99 Å². The molecular weight excluding hydrogens is 144 g/mol. The molecule has 0 N–H and O–H groups in total. The Morgan fingerprint density at radius 3 is 2.70 bits per heavy atom. The van der Waals surface area contributed by atoms with Gasteiger partial charge in [-0.25, -0.2) is 4.58 Å². The van der Waals surface area contributed by atoms with Crippen LogP contribution in [0.4, 0.5) is 0 Å². The Morgan fingerprint density at radius 1 is 1.70 bits per heavy atom. The van der Waals surface area contributed by atoms with Gasteiger partial charge in [0.2, 0.25) is 0 Å². The molecule has 0 aromatic rings. The van der Waals surface area contributed by atoms with Crippen LogP contribution in [-0.2, 0) is 0 Å². The molecule has 0 spiro atoms. The predicted molar refractivity (Wildman–Crippen MR) is 49.1 cm³/mol. The van der Waals surface area contributed by atoms with Gasteiger partial charge in [0.1, 0.15) is 6.20 Å². The summed E-state index contributed by atoms with van der Waals surface area (Å²) in [6, 6.07) is 0. The molecule has 0 aromatic carbocycles. The van der Waals surface area contributed by atoms with E-state index in [1.165, 1.54) is 4.91 Å². The lowest BCUT2D eigenvalue weighted by atomic mass is 10.7. The third-order valence-electron chi connectivity index (χ3n) is 0.842. The summed E-state index contributed by atoms with van der Waals surface area (Å²) in [5.74, 6) is 0. The summed E-state index contributed by atoms with van der Waals surface area (Å²) in [6.45, 7) is 5.63. The molecule has 0 aliphatic rings. The van der Waals surface area contributed by atoms with Crippen LogP contribution in [0.15, 0.2) is 16.1 Å². The van der Waals surface area contributed by atoms with Crippen molar-refractivity contribution in [2.75, 3.05) is 13.3 Å². The number of hydrogen-bond donors (Lipinski definition) is 0. The van der Waals surface area contributed by atoms with Crippen molar-refractivity contribution >= 4 is 24.8 Å². The molecule has 0 amide bonds. The molecule has 10 heavy (non-hydrogen) atoms. The monoisotopic (exact) mass is 157 g/mol. The van der Waals surface area contributed by atoms with Crippen molar-refractivity contribution in [3.8, 4) is 0 Å². The Bertz CT molecular complexity index is 170. The van der Waals surface area contributed by atoms with Crippen LogP contribution in [-0.4, -0.2) is 30.9 Å². The van der Waals surface area contributed by atoms with E-state index in [4.69, 9.17) is 0 Å². The molecule has 0 aliphatic carbocycles. The number of rotatable bonds is 3. The first-order valence-corrected chi connectivity index (χ1v) is 4.16. The van der Waals surface area contributed by atoms with Gasteiger partial charge in [0, 0.05) is 4.91 Å². The van der Waals surface area contributed by atoms with E-state index in [9.17, 15) is 0 Å². The number of nitrogens with zero attached hydrogens (tertiary/aromatic N) is 2. The molecule has 0 bridgehead atoms. The normalized spacial score (nSPS) is 12.5. The van der Waals surface area contributed by atoms with Gasteiger partial charge in [-0.1, -0.05) is 4.99 Å². The predicted octanol–water partition coefficient (Wildman–Crippen LogP) is 1.58. The van der Waals surface area contributed by atoms with Gasteiger partial charge in [0.15, 0.2) is 0 Å². The molecule has 0 saturated heterocycles. The fourth-order valence-electron chi connectivity index (χ4n) is 0.305. The van der Waals surface area contributed by atoms with Gasteiger partial charge in [0.25, 0.3) is 6.34 Å². The van der Waals surface area contributed by atoms with E-state index in [1.54, 1.807) is 22.7 Å². The van der Waals surface area contributed by atoms with Gasteiger partial charge in [-0.2, -0.15) is 0 Å². The lowest BCUT2D eigenvalue weighted by Crippen LogP contribution is -1.95. The molecule has 0 radical (unpaired) electrons. The molecule has 0 aromatic heterocycles. The SMILES string of the molecule is C=[N+](C)C=NC=C(C)SC. The fraction of sp³-hybridized carbons (Fsp3) is 0.429. The van der Waals surface area contributed by atoms with Crippen molar-refractivity contribution < 1.29 is 4.58 Å². The minimum absolute atomic E-state index is 1.19. The van der Waals surface area contributed by atoms with E-state index in [0.717, 1.165) is 0 Å². The van der Waals surface area contributed by atoms with E-state index >= 15 is 0 Å². The minimum atomic E-state index is 1.19. The smallest absolute Gasteiger partial charge is 0.247 e. The molecular formula is C7H13N2S+. The first-order valence-electron chi connectivity index (χ1n) is 2.94. The second-order valence-electron chi connectivity index (χ2n) is 1.97. The molecule has 3 heteroatoms. The fourth-order valence-corrected chi connectivity index (χ4v) is 0.471. The quantitative estimate of drug-likeness (QED) is 0.345. The second kappa shape index (κ2) is 5.23. The van der Waals surface area contributed by atoms with Crippen molar-refractivity contribution in [3.63, 3.8) is 0 Å². The van der Waals surface area contributed by atoms with E-state index in [0.29, 0.717) is 0 Å². The summed E-state index contributed by atoms with van der Waals surface area (Å²) < 4.78 is 1.66. The number of thioether (sulfide) groups is 1. The van der Waals surface area contributed by atoms with Crippen LogP contribution < -0.4 is 0 Å². The molecule has 0 aliphatic heterocycles. The van der Waals surface area contributed by atoms with Crippen LogP contribution in [0, 0.1) is 0 Å². The van der Waals surface area contributed by atoms with Crippen LogP contribution in [0.5, 0.6) is 0 Å². The van der Waals surface area contributed by atoms with E-state index < -0.39 is 0 Å². The molecule has 0 unspecified atom stereocenters. The van der Waals surface area contributed by atoms with E-state index in [1.807, 2.05) is 26.4 Å². The zero-order valence-corrected chi connectivity index (χ0v) is 7.48. The Morgan fingerprint density at radius 2 is 2.30 bits per heavy atom. The van der Waals surface area contributed by atoms with Crippen LogP contribution >= 0.6 is 11.8 Å². The number of hydrogen-bond acceptors (Lipinski definition) is 2. The molecule has 2 nitrogen and oxygen atoms in total. The lowest BCUT2D eigenvalue weighted by Gasteiger charge is -1.83. The van der Waals surface area contributed by atoms with Crippen LogP contribution in [0.3, 0.4) is 0 Å². The van der Waals surface area contributed by atoms with Crippen LogP contribution in [0.2, 0.25) is 0 Å². The molecule has 56 valence electrons. The molecule has 0 fully saturated rings. The van der Waals surface area contributed by atoms with Gasteiger partial charge >= 0.3 is 0 Å². The maximum absolute atomic E-state index is 4.00. The van der Waals surface area contributed by atoms with Crippen LogP contribution in [0.25, 0.3) is 0 Å². The lowest BCUT2D eigenvalue weighted by molar-refractivity contribution is -0.349. The largest absolute Gasteiger partial charge is 0.285 e. The van der Waals surface area contributed by atoms with Crippen molar-refractivity contribution in [2.45, 2.75) is 6.92 Å². The summed E-state index contributed by atoms with van der Waals surface area (Å²) in [4.78, 5) is 5.19. The maximum atomic E-state index is 4.00. The van der Waals surface area contributed by atoms with E-state index in [-0.39, 0.29) is 0 Å². The summed E-state index contributed by atoms with van der Waals surface area (Å²) in [5.41, 5.74) is 0. The number of aliphatic imine (C=N–C) groups is 1. The first-order chi connectivity index (χ1) is 4.66. The highest BCUT2D eigenvalue weighted by Crippen LogP contribution is 2.08. The first kappa shape index (κ1) is 9.43. The second-order valence-corrected chi connectivity index (χ2v) is 3.02. The summed E-state index contributed by atoms with van der Waals surface area (Å²) in [7, 11) is 1.84. The zero-order valence-electron chi connectivity index (χ0n) is 6.66.